The maximum Gasteiger partial charge on any atom is 0.453 e. The van der Waals surface area contributed by atoms with E-state index in [-0.39, 0.29) is 17.5 Å². The van der Waals surface area contributed by atoms with Crippen molar-refractivity contribution in [1.29, 1.82) is 0 Å². The second-order valence-corrected chi connectivity index (χ2v) is 8.49. The Bertz CT molecular complexity index is 1100. The summed E-state index contributed by atoms with van der Waals surface area (Å²) in [6.07, 6.45) is -2.51. The van der Waals surface area contributed by atoms with E-state index in [9.17, 15) is 18.0 Å². The van der Waals surface area contributed by atoms with Crippen molar-refractivity contribution in [3.63, 3.8) is 0 Å². The molecule has 1 aromatic carbocycles. The van der Waals surface area contributed by atoms with Crippen molar-refractivity contribution in [1.82, 2.24) is 24.7 Å². The largest absolute Gasteiger partial charge is 0.453 e. The van der Waals surface area contributed by atoms with Gasteiger partial charge in [-0.2, -0.15) is 17.7 Å². The van der Waals surface area contributed by atoms with E-state index < -0.39 is 12.0 Å². The lowest BCUT2D eigenvalue weighted by molar-refractivity contribution is -0.146. The smallest absolute Gasteiger partial charge is 0.355 e. The highest BCUT2D eigenvalue weighted by molar-refractivity contribution is 5.79. The van der Waals surface area contributed by atoms with Gasteiger partial charge < -0.3 is 9.80 Å². The van der Waals surface area contributed by atoms with E-state index in [1.165, 1.54) is 11.6 Å². The quantitative estimate of drug-likeness (QED) is 0.554. The van der Waals surface area contributed by atoms with E-state index in [0.29, 0.717) is 44.8 Å². The van der Waals surface area contributed by atoms with Crippen LogP contribution in [0.25, 0.3) is 5.65 Å². The van der Waals surface area contributed by atoms with Crippen LogP contribution in [0, 0.1) is 12.8 Å². The summed E-state index contributed by atoms with van der Waals surface area (Å²) >= 11 is 0. The molecule has 0 saturated carbocycles. The van der Waals surface area contributed by atoms with Crippen molar-refractivity contribution in [2.24, 2.45) is 5.92 Å². The van der Waals surface area contributed by atoms with Gasteiger partial charge in [0, 0.05) is 32.1 Å². The summed E-state index contributed by atoms with van der Waals surface area (Å²) in [6, 6.07) is 11.3. The van der Waals surface area contributed by atoms with Crippen LogP contribution in [0.3, 0.4) is 0 Å². The summed E-state index contributed by atoms with van der Waals surface area (Å²) in [5.41, 5.74) is 2.33. The molecule has 0 spiro atoms. The number of amides is 1. The lowest BCUT2D eigenvalue weighted by Gasteiger charge is -2.34. The molecule has 0 radical (unpaired) electrons. The fraction of sp³-hybridized carbons (Fsp3) is 0.478. The Morgan fingerprint density at radius 3 is 2.42 bits per heavy atom. The first-order valence-electron chi connectivity index (χ1n) is 11.1. The second kappa shape index (κ2) is 9.36. The van der Waals surface area contributed by atoms with Crippen molar-refractivity contribution < 1.29 is 18.0 Å². The van der Waals surface area contributed by atoms with E-state index >= 15 is 0 Å². The molecule has 1 amide bonds. The molecule has 3 heterocycles. The number of halogens is 3. The first-order chi connectivity index (χ1) is 15.8. The van der Waals surface area contributed by atoms with Gasteiger partial charge in [-0.1, -0.05) is 36.8 Å². The summed E-state index contributed by atoms with van der Waals surface area (Å²) < 4.78 is 40.2. The standard InChI is InChI=1S/C23H27F3N6O/c1-3-12-31(15-17-6-4-16(2)5-7-17)21(33)18-10-13-30(14-11-18)20-9-8-19-27-28-22(23(24,25)26)32(19)29-20/h4-9,18H,3,10-15H2,1-2H3. The van der Waals surface area contributed by atoms with Crippen LogP contribution < -0.4 is 4.90 Å². The van der Waals surface area contributed by atoms with Gasteiger partial charge in [0.1, 0.15) is 5.82 Å². The summed E-state index contributed by atoms with van der Waals surface area (Å²) in [7, 11) is 0. The predicted molar refractivity (Wildman–Crippen MR) is 118 cm³/mol. The van der Waals surface area contributed by atoms with E-state index in [1.54, 1.807) is 6.07 Å². The molecule has 1 saturated heterocycles. The van der Waals surface area contributed by atoms with Gasteiger partial charge in [-0.25, -0.2) is 0 Å². The normalized spacial score (nSPS) is 15.2. The summed E-state index contributed by atoms with van der Waals surface area (Å²) in [6.45, 7) is 6.45. The SMILES string of the molecule is CCCN(Cc1ccc(C)cc1)C(=O)C1CCN(c2ccc3nnc(C(F)(F)F)n3n2)CC1. The highest BCUT2D eigenvalue weighted by Crippen LogP contribution is 2.29. The number of hydrogen-bond acceptors (Lipinski definition) is 5. The first-order valence-corrected chi connectivity index (χ1v) is 11.1. The Morgan fingerprint density at radius 1 is 1.09 bits per heavy atom. The molecule has 0 aliphatic carbocycles. The van der Waals surface area contributed by atoms with Crippen LogP contribution in [0.15, 0.2) is 36.4 Å². The Labute approximate surface area is 190 Å². The van der Waals surface area contributed by atoms with Crippen LogP contribution in [0.4, 0.5) is 19.0 Å². The highest BCUT2D eigenvalue weighted by atomic mass is 19.4. The number of carbonyl (C=O) groups is 1. The van der Waals surface area contributed by atoms with Crippen molar-refractivity contribution >= 4 is 17.4 Å². The molecule has 0 atom stereocenters. The van der Waals surface area contributed by atoms with Crippen LogP contribution in [-0.2, 0) is 17.5 Å². The molecule has 0 unspecified atom stereocenters. The average molecular weight is 461 g/mol. The maximum absolute atomic E-state index is 13.2. The number of fused-ring (bicyclic) bond motifs is 1. The molecule has 33 heavy (non-hydrogen) atoms. The minimum Gasteiger partial charge on any atom is -0.355 e. The van der Waals surface area contributed by atoms with Crippen molar-refractivity contribution in [2.75, 3.05) is 24.5 Å². The number of rotatable bonds is 6. The third-order valence-corrected chi connectivity index (χ3v) is 5.97. The molecule has 2 aromatic heterocycles. The van der Waals surface area contributed by atoms with E-state index in [1.807, 2.05) is 28.9 Å². The molecule has 0 N–H and O–H groups in total. The molecular formula is C23H27F3N6O. The van der Waals surface area contributed by atoms with Crippen molar-refractivity contribution in [3.05, 3.63) is 53.3 Å². The lowest BCUT2D eigenvalue weighted by Crippen LogP contribution is -2.43. The predicted octanol–water partition coefficient (Wildman–Crippen LogP) is 4.11. The molecule has 1 aliphatic rings. The number of anilines is 1. The zero-order chi connectivity index (χ0) is 23.6. The van der Waals surface area contributed by atoms with Gasteiger partial charge >= 0.3 is 6.18 Å². The van der Waals surface area contributed by atoms with Gasteiger partial charge in [-0.3, -0.25) is 4.79 Å². The Morgan fingerprint density at radius 2 is 1.79 bits per heavy atom. The molecule has 4 rings (SSSR count). The number of carbonyl (C=O) groups excluding carboxylic acids is 1. The summed E-state index contributed by atoms with van der Waals surface area (Å²) in [4.78, 5) is 17.1. The zero-order valence-electron chi connectivity index (χ0n) is 18.7. The lowest BCUT2D eigenvalue weighted by atomic mass is 9.95. The minimum atomic E-state index is -4.63. The fourth-order valence-corrected chi connectivity index (χ4v) is 4.19. The van der Waals surface area contributed by atoms with E-state index in [2.05, 4.69) is 34.4 Å². The third-order valence-electron chi connectivity index (χ3n) is 5.97. The minimum absolute atomic E-state index is 0.0439. The number of nitrogens with zero attached hydrogens (tertiary/aromatic N) is 6. The van der Waals surface area contributed by atoms with Crippen LogP contribution in [0.5, 0.6) is 0 Å². The third kappa shape index (κ3) is 5.09. The molecule has 3 aromatic rings. The fourth-order valence-electron chi connectivity index (χ4n) is 4.19. The van der Waals surface area contributed by atoms with Crippen LogP contribution >= 0.6 is 0 Å². The molecule has 7 nitrogen and oxygen atoms in total. The number of aryl methyl sites for hydroxylation is 1. The summed E-state index contributed by atoms with van der Waals surface area (Å²) in [5, 5.41) is 10.9. The van der Waals surface area contributed by atoms with Crippen LogP contribution in [0.2, 0.25) is 0 Å². The molecule has 1 fully saturated rings. The first kappa shape index (κ1) is 23.0. The molecular weight excluding hydrogens is 433 g/mol. The highest BCUT2D eigenvalue weighted by Gasteiger charge is 2.38. The average Bonchev–Trinajstić information content (AvgIpc) is 3.24. The monoisotopic (exact) mass is 460 g/mol. The molecule has 0 bridgehead atoms. The van der Waals surface area contributed by atoms with Crippen LogP contribution in [0.1, 0.15) is 43.1 Å². The van der Waals surface area contributed by atoms with Gasteiger partial charge in [0.15, 0.2) is 5.65 Å². The Hall–Kier alpha value is -3.17. The second-order valence-electron chi connectivity index (χ2n) is 8.49. The van der Waals surface area contributed by atoms with Crippen molar-refractivity contribution in [2.45, 2.75) is 45.8 Å². The van der Waals surface area contributed by atoms with Gasteiger partial charge in [0.25, 0.3) is 5.82 Å². The Kier molecular flexibility index (Phi) is 6.53. The summed E-state index contributed by atoms with van der Waals surface area (Å²) in [5.74, 6) is -0.694. The van der Waals surface area contributed by atoms with Crippen LogP contribution in [-0.4, -0.2) is 50.3 Å². The molecule has 1 aliphatic heterocycles. The van der Waals surface area contributed by atoms with Gasteiger partial charge in [-0.15, -0.1) is 15.3 Å². The van der Waals surface area contributed by atoms with E-state index in [4.69, 9.17) is 0 Å². The zero-order valence-corrected chi connectivity index (χ0v) is 18.7. The molecule has 10 heteroatoms. The number of benzene rings is 1. The number of hydrogen-bond donors (Lipinski definition) is 0. The van der Waals surface area contributed by atoms with Gasteiger partial charge in [-0.05, 0) is 43.9 Å². The maximum atomic E-state index is 13.2. The van der Waals surface area contributed by atoms with Gasteiger partial charge in [0.2, 0.25) is 5.91 Å². The number of piperidine rings is 1. The molecule has 176 valence electrons. The topological polar surface area (TPSA) is 66.6 Å². The number of aromatic nitrogens is 4. The van der Waals surface area contributed by atoms with E-state index in [0.717, 1.165) is 16.5 Å². The number of alkyl halides is 3. The Balaban J connectivity index is 1.43. The van der Waals surface area contributed by atoms with Crippen molar-refractivity contribution in [3.8, 4) is 0 Å². The van der Waals surface area contributed by atoms with Gasteiger partial charge in [0.05, 0.1) is 0 Å².